The molecule has 138 valence electrons. The van der Waals surface area contributed by atoms with Gasteiger partial charge in [0.25, 0.3) is 0 Å². The van der Waals surface area contributed by atoms with Crippen LogP contribution >= 0.6 is 23.1 Å². The minimum Gasteiger partial charge on any atom is -0.487 e. The maximum absolute atomic E-state index is 12.0. The number of amides is 1. The van der Waals surface area contributed by atoms with Gasteiger partial charge in [0, 0.05) is 11.5 Å². The SMILES string of the molecule is CSc1ccc(NC(=O)/C=C/c2ccc(OCc3csc(C)n3)cc2)cn1. The summed E-state index contributed by atoms with van der Waals surface area (Å²) < 4.78 is 5.72. The Morgan fingerprint density at radius 3 is 2.70 bits per heavy atom. The number of nitrogens with zero attached hydrogens (tertiary/aromatic N) is 2. The van der Waals surface area contributed by atoms with Crippen LogP contribution in [-0.4, -0.2) is 22.1 Å². The Balaban J connectivity index is 1.51. The van der Waals surface area contributed by atoms with Crippen LogP contribution < -0.4 is 10.1 Å². The lowest BCUT2D eigenvalue weighted by atomic mass is 10.2. The van der Waals surface area contributed by atoms with Gasteiger partial charge in [-0.05, 0) is 49.1 Å². The quantitative estimate of drug-likeness (QED) is 0.458. The molecule has 1 N–H and O–H groups in total. The van der Waals surface area contributed by atoms with Crippen molar-refractivity contribution in [3.63, 3.8) is 0 Å². The van der Waals surface area contributed by atoms with Gasteiger partial charge in [-0.3, -0.25) is 4.79 Å². The van der Waals surface area contributed by atoms with Crippen molar-refractivity contribution in [3.05, 3.63) is 70.3 Å². The van der Waals surface area contributed by atoms with Gasteiger partial charge >= 0.3 is 0 Å². The molecule has 0 saturated carbocycles. The number of ether oxygens (including phenoxy) is 1. The average Bonchev–Trinajstić information content (AvgIpc) is 3.11. The predicted octanol–water partition coefficient (Wildman–Crippen LogP) is 4.80. The van der Waals surface area contributed by atoms with E-state index in [1.165, 1.54) is 6.08 Å². The van der Waals surface area contributed by atoms with E-state index in [-0.39, 0.29) is 5.91 Å². The number of benzene rings is 1. The number of nitrogens with one attached hydrogen (secondary N) is 1. The van der Waals surface area contributed by atoms with Crippen molar-refractivity contribution < 1.29 is 9.53 Å². The first kappa shape index (κ1) is 19.1. The summed E-state index contributed by atoms with van der Waals surface area (Å²) in [6, 6.07) is 11.3. The molecule has 0 radical (unpaired) electrons. The maximum Gasteiger partial charge on any atom is 0.248 e. The number of aryl methyl sites for hydroxylation is 1. The standard InChI is InChI=1S/C20H19N3O2S2/c1-14-22-17(13-27-14)12-25-18-7-3-15(4-8-18)5-9-19(24)23-16-6-10-20(26-2)21-11-16/h3-11,13H,12H2,1-2H3,(H,23,24)/b9-5+. The summed E-state index contributed by atoms with van der Waals surface area (Å²) in [7, 11) is 0. The molecular formula is C20H19N3O2S2. The number of carbonyl (C=O) groups is 1. The van der Waals surface area contributed by atoms with E-state index in [4.69, 9.17) is 4.74 Å². The number of thiazole rings is 1. The van der Waals surface area contributed by atoms with Gasteiger partial charge in [0.2, 0.25) is 5.91 Å². The second-order valence-electron chi connectivity index (χ2n) is 5.63. The van der Waals surface area contributed by atoms with E-state index in [1.807, 2.05) is 55.0 Å². The highest BCUT2D eigenvalue weighted by molar-refractivity contribution is 7.98. The highest BCUT2D eigenvalue weighted by Crippen LogP contribution is 2.17. The molecule has 0 unspecified atom stereocenters. The van der Waals surface area contributed by atoms with Crippen molar-refractivity contribution in [1.82, 2.24) is 9.97 Å². The first-order chi connectivity index (χ1) is 13.1. The van der Waals surface area contributed by atoms with Gasteiger partial charge in [0.05, 0.1) is 27.6 Å². The molecule has 0 aliphatic rings. The van der Waals surface area contributed by atoms with E-state index < -0.39 is 0 Å². The molecule has 1 amide bonds. The second-order valence-corrected chi connectivity index (χ2v) is 7.52. The fourth-order valence-electron chi connectivity index (χ4n) is 2.24. The van der Waals surface area contributed by atoms with Crippen LogP contribution in [0.3, 0.4) is 0 Å². The van der Waals surface area contributed by atoms with Crippen molar-refractivity contribution in [2.45, 2.75) is 18.6 Å². The minimum absolute atomic E-state index is 0.201. The van der Waals surface area contributed by atoms with Crippen molar-refractivity contribution in [1.29, 1.82) is 0 Å². The highest BCUT2D eigenvalue weighted by atomic mass is 32.2. The molecule has 3 aromatic rings. The normalized spacial score (nSPS) is 10.9. The predicted molar refractivity (Wildman–Crippen MR) is 111 cm³/mol. The molecule has 0 aliphatic heterocycles. The number of hydrogen-bond donors (Lipinski definition) is 1. The highest BCUT2D eigenvalue weighted by Gasteiger charge is 2.01. The molecule has 0 atom stereocenters. The molecule has 0 aliphatic carbocycles. The monoisotopic (exact) mass is 397 g/mol. The number of rotatable bonds is 7. The van der Waals surface area contributed by atoms with E-state index in [1.54, 1.807) is 35.4 Å². The van der Waals surface area contributed by atoms with Crippen LogP contribution in [0.2, 0.25) is 0 Å². The van der Waals surface area contributed by atoms with Crippen molar-refractivity contribution in [2.24, 2.45) is 0 Å². The van der Waals surface area contributed by atoms with Crippen LogP contribution in [0.4, 0.5) is 5.69 Å². The van der Waals surface area contributed by atoms with Crippen LogP contribution in [0.25, 0.3) is 6.08 Å². The van der Waals surface area contributed by atoms with Gasteiger partial charge in [-0.1, -0.05) is 12.1 Å². The first-order valence-corrected chi connectivity index (χ1v) is 10.4. The molecule has 0 spiro atoms. The van der Waals surface area contributed by atoms with Gasteiger partial charge < -0.3 is 10.1 Å². The topological polar surface area (TPSA) is 64.1 Å². The minimum atomic E-state index is -0.201. The van der Waals surface area contributed by atoms with E-state index >= 15 is 0 Å². The molecule has 0 bridgehead atoms. The van der Waals surface area contributed by atoms with Crippen LogP contribution in [0.15, 0.2) is 59.1 Å². The van der Waals surface area contributed by atoms with Crippen molar-refractivity contribution in [3.8, 4) is 5.75 Å². The number of hydrogen-bond acceptors (Lipinski definition) is 6. The zero-order valence-electron chi connectivity index (χ0n) is 15.0. The molecule has 7 heteroatoms. The van der Waals surface area contributed by atoms with Gasteiger partial charge in [-0.2, -0.15) is 0 Å². The summed E-state index contributed by atoms with van der Waals surface area (Å²) >= 11 is 3.17. The smallest absolute Gasteiger partial charge is 0.248 e. The molecular weight excluding hydrogens is 378 g/mol. The Bertz CT molecular complexity index is 919. The molecule has 0 fully saturated rings. The van der Waals surface area contributed by atoms with E-state index in [0.29, 0.717) is 12.3 Å². The molecule has 27 heavy (non-hydrogen) atoms. The van der Waals surface area contributed by atoms with Crippen molar-refractivity contribution in [2.75, 3.05) is 11.6 Å². The van der Waals surface area contributed by atoms with Crippen LogP contribution in [0.1, 0.15) is 16.3 Å². The van der Waals surface area contributed by atoms with Crippen LogP contribution in [-0.2, 0) is 11.4 Å². The summed E-state index contributed by atoms with van der Waals surface area (Å²) in [4.78, 5) is 20.6. The first-order valence-electron chi connectivity index (χ1n) is 8.25. The largest absolute Gasteiger partial charge is 0.487 e. The summed E-state index contributed by atoms with van der Waals surface area (Å²) in [6.45, 7) is 2.42. The molecule has 5 nitrogen and oxygen atoms in total. The molecule has 3 rings (SSSR count). The van der Waals surface area contributed by atoms with Crippen molar-refractivity contribution >= 4 is 40.8 Å². The second kappa shape index (κ2) is 9.34. The number of anilines is 1. The Labute approximate surface area is 166 Å². The van der Waals surface area contributed by atoms with E-state index in [2.05, 4.69) is 15.3 Å². The van der Waals surface area contributed by atoms with E-state index in [9.17, 15) is 4.79 Å². The average molecular weight is 398 g/mol. The third-order valence-electron chi connectivity index (χ3n) is 3.57. The Kier molecular flexibility index (Phi) is 6.62. The lowest BCUT2D eigenvalue weighted by Gasteiger charge is -2.04. The molecule has 2 aromatic heterocycles. The number of pyridine rings is 1. The maximum atomic E-state index is 12.0. The summed E-state index contributed by atoms with van der Waals surface area (Å²) in [6.07, 6.45) is 6.86. The summed E-state index contributed by atoms with van der Waals surface area (Å²) in [5.41, 5.74) is 2.51. The Morgan fingerprint density at radius 1 is 1.26 bits per heavy atom. The van der Waals surface area contributed by atoms with Crippen LogP contribution in [0, 0.1) is 6.92 Å². The Morgan fingerprint density at radius 2 is 2.07 bits per heavy atom. The van der Waals surface area contributed by atoms with Gasteiger partial charge in [-0.25, -0.2) is 9.97 Å². The van der Waals surface area contributed by atoms with Gasteiger partial charge in [0.1, 0.15) is 12.4 Å². The summed E-state index contributed by atoms with van der Waals surface area (Å²) in [5, 5.41) is 6.73. The molecule has 1 aromatic carbocycles. The Hall–Kier alpha value is -2.64. The number of carbonyl (C=O) groups excluding carboxylic acids is 1. The zero-order valence-corrected chi connectivity index (χ0v) is 16.6. The third-order valence-corrected chi connectivity index (χ3v) is 5.06. The number of aromatic nitrogens is 2. The lowest BCUT2D eigenvalue weighted by molar-refractivity contribution is -0.111. The molecule has 0 saturated heterocycles. The van der Waals surface area contributed by atoms with Gasteiger partial charge in [0.15, 0.2) is 0 Å². The summed E-state index contributed by atoms with van der Waals surface area (Å²) in [5.74, 6) is 0.565. The van der Waals surface area contributed by atoms with Crippen LogP contribution in [0.5, 0.6) is 5.75 Å². The lowest BCUT2D eigenvalue weighted by Crippen LogP contribution is -2.07. The van der Waals surface area contributed by atoms with E-state index in [0.717, 1.165) is 27.0 Å². The fourth-order valence-corrected chi connectivity index (χ4v) is 3.20. The third kappa shape index (κ3) is 5.94. The van der Waals surface area contributed by atoms with Gasteiger partial charge in [-0.15, -0.1) is 23.1 Å². The zero-order chi connectivity index (χ0) is 19.1. The fraction of sp³-hybridized carbons (Fsp3) is 0.150. The number of thioether (sulfide) groups is 1. The molecule has 2 heterocycles.